The van der Waals surface area contributed by atoms with E-state index in [1.165, 1.54) is 11.8 Å². The first-order chi connectivity index (χ1) is 13.1. The molecule has 1 amide bonds. The first-order valence-corrected chi connectivity index (χ1v) is 9.78. The van der Waals surface area contributed by atoms with Gasteiger partial charge in [-0.1, -0.05) is 27.7 Å². The number of halogens is 1. The number of aromatic nitrogens is 4. The lowest BCUT2D eigenvalue weighted by Crippen LogP contribution is -2.14. The summed E-state index contributed by atoms with van der Waals surface area (Å²) in [5.41, 5.74) is 3.00. The molecule has 0 fully saturated rings. The molecule has 2 heterocycles. The predicted molar refractivity (Wildman–Crippen MR) is 109 cm³/mol. The highest BCUT2D eigenvalue weighted by Gasteiger charge is 2.11. The van der Waals surface area contributed by atoms with Gasteiger partial charge in [-0.15, -0.1) is 10.2 Å². The molecule has 27 heavy (non-hydrogen) atoms. The molecule has 0 aliphatic carbocycles. The zero-order valence-corrected chi connectivity index (χ0v) is 16.6. The predicted octanol–water partition coefficient (Wildman–Crippen LogP) is 4.01. The molecular formula is C18H14BrN5O2S. The Morgan fingerprint density at radius 3 is 2.81 bits per heavy atom. The Kier molecular flexibility index (Phi) is 4.95. The van der Waals surface area contributed by atoms with Crippen LogP contribution < -0.4 is 10.1 Å². The maximum Gasteiger partial charge on any atom is 0.234 e. The number of hydrogen-bond donors (Lipinski definition) is 2. The number of fused-ring (bicyclic) bond motifs is 3. The van der Waals surface area contributed by atoms with Crippen LogP contribution in [0.1, 0.15) is 0 Å². The zero-order chi connectivity index (χ0) is 18.8. The van der Waals surface area contributed by atoms with Crippen LogP contribution in [0.2, 0.25) is 0 Å². The van der Waals surface area contributed by atoms with Gasteiger partial charge in [-0.05, 0) is 42.5 Å². The van der Waals surface area contributed by atoms with E-state index in [9.17, 15) is 4.79 Å². The number of nitrogens with one attached hydrogen (secondary N) is 2. The number of thioether (sulfide) groups is 1. The average Bonchev–Trinajstić information content (AvgIpc) is 3.04. The summed E-state index contributed by atoms with van der Waals surface area (Å²) >= 11 is 4.69. The number of aromatic amines is 1. The quantitative estimate of drug-likeness (QED) is 0.452. The summed E-state index contributed by atoms with van der Waals surface area (Å²) in [5, 5.41) is 12.6. The number of amides is 1. The van der Waals surface area contributed by atoms with E-state index in [0.717, 1.165) is 21.1 Å². The molecule has 0 unspecified atom stereocenters. The van der Waals surface area contributed by atoms with Crippen molar-refractivity contribution in [2.45, 2.75) is 5.16 Å². The number of hydrogen-bond acceptors (Lipinski definition) is 6. The van der Waals surface area contributed by atoms with Crippen molar-refractivity contribution in [3.8, 4) is 5.75 Å². The van der Waals surface area contributed by atoms with Crippen molar-refractivity contribution in [1.29, 1.82) is 0 Å². The third kappa shape index (κ3) is 3.88. The first-order valence-electron chi connectivity index (χ1n) is 8.01. The van der Waals surface area contributed by atoms with Gasteiger partial charge < -0.3 is 15.0 Å². The number of H-pyrrole nitrogens is 1. The summed E-state index contributed by atoms with van der Waals surface area (Å²) in [4.78, 5) is 19.8. The number of ether oxygens (including phenoxy) is 1. The monoisotopic (exact) mass is 443 g/mol. The zero-order valence-electron chi connectivity index (χ0n) is 14.2. The van der Waals surface area contributed by atoms with Crippen molar-refractivity contribution in [3.63, 3.8) is 0 Å². The second-order valence-corrected chi connectivity index (χ2v) is 7.53. The summed E-state index contributed by atoms with van der Waals surface area (Å²) in [6, 6.07) is 13.0. The Bertz CT molecular complexity index is 1130. The summed E-state index contributed by atoms with van der Waals surface area (Å²) in [6.07, 6.45) is 0. The van der Waals surface area contributed by atoms with Gasteiger partial charge in [-0.2, -0.15) is 0 Å². The van der Waals surface area contributed by atoms with E-state index < -0.39 is 0 Å². The highest BCUT2D eigenvalue weighted by Crippen LogP contribution is 2.26. The molecule has 0 aliphatic rings. The normalized spacial score (nSPS) is 11.0. The summed E-state index contributed by atoms with van der Waals surface area (Å²) < 4.78 is 6.06. The van der Waals surface area contributed by atoms with Gasteiger partial charge in [0.2, 0.25) is 11.1 Å². The Balaban J connectivity index is 1.45. The lowest BCUT2D eigenvalue weighted by atomic mass is 10.2. The number of methoxy groups -OCH3 is 1. The molecule has 0 saturated heterocycles. The molecule has 7 nitrogen and oxygen atoms in total. The van der Waals surface area contributed by atoms with Gasteiger partial charge in [0, 0.05) is 21.1 Å². The average molecular weight is 444 g/mol. The van der Waals surface area contributed by atoms with E-state index in [2.05, 4.69) is 41.4 Å². The number of benzene rings is 2. The number of nitrogens with zero attached hydrogens (tertiary/aromatic N) is 3. The molecular weight excluding hydrogens is 430 g/mol. The second-order valence-electron chi connectivity index (χ2n) is 5.67. The van der Waals surface area contributed by atoms with Crippen molar-refractivity contribution in [2.24, 2.45) is 0 Å². The third-order valence-corrected chi connectivity index (χ3v) is 5.19. The van der Waals surface area contributed by atoms with Gasteiger partial charge in [0.25, 0.3) is 0 Å². The van der Waals surface area contributed by atoms with Crippen LogP contribution in [0.3, 0.4) is 0 Å². The molecule has 9 heteroatoms. The number of rotatable bonds is 5. The highest BCUT2D eigenvalue weighted by molar-refractivity contribution is 9.10. The molecule has 136 valence electrons. The fourth-order valence-electron chi connectivity index (χ4n) is 2.59. The van der Waals surface area contributed by atoms with Crippen LogP contribution in [0, 0.1) is 0 Å². The molecule has 4 aromatic rings. The second kappa shape index (κ2) is 7.53. The molecule has 0 spiro atoms. The molecule has 2 N–H and O–H groups in total. The SMILES string of the molecule is COc1ccc(NC(=O)CSc2nnc3c(n2)[nH]c2ccc(Br)cc23)cc1. The van der Waals surface area contributed by atoms with Crippen LogP contribution in [0.25, 0.3) is 22.1 Å². The standard InChI is InChI=1S/C18H14BrN5O2S/c1-26-12-5-3-11(4-6-12)20-15(25)9-27-18-22-17-16(23-24-18)13-8-10(19)2-7-14(13)21-17/h2-8H,9H2,1H3,(H,20,25)(H,21,22,24). The molecule has 0 aliphatic heterocycles. The van der Waals surface area contributed by atoms with E-state index in [0.29, 0.717) is 22.0 Å². The Morgan fingerprint density at radius 2 is 2.04 bits per heavy atom. The van der Waals surface area contributed by atoms with Gasteiger partial charge in [0.05, 0.1) is 12.9 Å². The largest absolute Gasteiger partial charge is 0.497 e. The fourth-order valence-corrected chi connectivity index (χ4v) is 3.54. The lowest BCUT2D eigenvalue weighted by Gasteiger charge is -2.05. The van der Waals surface area contributed by atoms with Crippen molar-refractivity contribution < 1.29 is 9.53 Å². The fraction of sp³-hybridized carbons (Fsp3) is 0.111. The minimum atomic E-state index is -0.144. The van der Waals surface area contributed by atoms with E-state index in [4.69, 9.17) is 4.74 Å². The number of carbonyl (C=O) groups excluding carboxylic acids is 1. The number of carbonyl (C=O) groups is 1. The molecule has 2 aromatic heterocycles. The van der Waals surface area contributed by atoms with Gasteiger partial charge in [-0.25, -0.2) is 4.98 Å². The molecule has 2 aromatic carbocycles. The smallest absolute Gasteiger partial charge is 0.234 e. The first kappa shape index (κ1) is 17.7. The van der Waals surface area contributed by atoms with Crippen molar-refractivity contribution in [2.75, 3.05) is 18.2 Å². The summed E-state index contributed by atoms with van der Waals surface area (Å²) in [5.74, 6) is 0.778. The van der Waals surface area contributed by atoms with Crippen LogP contribution in [-0.4, -0.2) is 38.9 Å². The van der Waals surface area contributed by atoms with E-state index in [-0.39, 0.29) is 11.7 Å². The van der Waals surface area contributed by atoms with Gasteiger partial charge in [0.15, 0.2) is 5.65 Å². The molecule has 0 bridgehead atoms. The molecule has 0 atom stereocenters. The van der Waals surface area contributed by atoms with Crippen LogP contribution >= 0.6 is 27.7 Å². The van der Waals surface area contributed by atoms with Gasteiger partial charge >= 0.3 is 0 Å². The minimum absolute atomic E-state index is 0.144. The summed E-state index contributed by atoms with van der Waals surface area (Å²) in [6.45, 7) is 0. The van der Waals surface area contributed by atoms with Crippen molar-refractivity contribution in [1.82, 2.24) is 20.2 Å². The Morgan fingerprint density at radius 1 is 1.22 bits per heavy atom. The minimum Gasteiger partial charge on any atom is -0.497 e. The maximum atomic E-state index is 12.1. The van der Waals surface area contributed by atoms with E-state index >= 15 is 0 Å². The molecule has 0 radical (unpaired) electrons. The maximum absolute atomic E-state index is 12.1. The Hall–Kier alpha value is -2.65. The van der Waals surface area contributed by atoms with Crippen LogP contribution in [0.4, 0.5) is 5.69 Å². The third-order valence-electron chi connectivity index (χ3n) is 3.86. The van der Waals surface area contributed by atoms with E-state index in [1.54, 1.807) is 31.4 Å². The summed E-state index contributed by atoms with van der Waals surface area (Å²) in [7, 11) is 1.60. The van der Waals surface area contributed by atoms with E-state index in [1.807, 2.05) is 18.2 Å². The highest BCUT2D eigenvalue weighted by atomic mass is 79.9. The number of anilines is 1. The van der Waals surface area contributed by atoms with Crippen molar-refractivity contribution >= 4 is 61.4 Å². The van der Waals surface area contributed by atoms with Crippen LogP contribution in [-0.2, 0) is 4.79 Å². The molecule has 0 saturated carbocycles. The lowest BCUT2D eigenvalue weighted by molar-refractivity contribution is -0.113. The van der Waals surface area contributed by atoms with Crippen molar-refractivity contribution in [3.05, 3.63) is 46.9 Å². The molecule has 4 rings (SSSR count). The Labute approximate surface area is 167 Å². The topological polar surface area (TPSA) is 92.8 Å². The van der Waals surface area contributed by atoms with Gasteiger partial charge in [-0.3, -0.25) is 4.79 Å². The van der Waals surface area contributed by atoms with Crippen LogP contribution in [0.5, 0.6) is 5.75 Å². The van der Waals surface area contributed by atoms with Gasteiger partial charge in [0.1, 0.15) is 11.3 Å². The van der Waals surface area contributed by atoms with Crippen LogP contribution in [0.15, 0.2) is 52.1 Å².